The molecule has 0 saturated carbocycles. The molecule has 1 aromatic heterocycles. The van der Waals surface area contributed by atoms with Crippen LogP contribution in [0.4, 0.5) is 5.69 Å². The highest BCUT2D eigenvalue weighted by atomic mass is 35.5. The first-order chi connectivity index (χ1) is 17.5. The Morgan fingerprint density at radius 1 is 1.11 bits per heavy atom. The largest absolute Gasteiger partial charge is 0.452 e. The van der Waals surface area contributed by atoms with Gasteiger partial charge in [0.05, 0.1) is 28.3 Å². The van der Waals surface area contributed by atoms with Gasteiger partial charge in [0, 0.05) is 18.1 Å². The molecule has 1 unspecified atom stereocenters. The molecule has 7 nitrogen and oxygen atoms in total. The Balaban J connectivity index is 1.47. The molecular formula is C29H32ClN3O4. The van der Waals surface area contributed by atoms with Crippen LogP contribution in [0.2, 0.25) is 5.02 Å². The van der Waals surface area contributed by atoms with E-state index in [1.54, 1.807) is 24.3 Å². The number of aryl methyl sites for hydroxylation is 1. The van der Waals surface area contributed by atoms with Crippen molar-refractivity contribution in [3.05, 3.63) is 70.4 Å². The topological polar surface area (TPSA) is 88.6 Å². The first-order valence-corrected chi connectivity index (χ1v) is 12.8. The summed E-state index contributed by atoms with van der Waals surface area (Å²) in [7, 11) is 1.49. The average Bonchev–Trinajstić information content (AvgIpc) is 2.86. The smallest absolute Gasteiger partial charge is 0.339 e. The van der Waals surface area contributed by atoms with Gasteiger partial charge in [0.1, 0.15) is 0 Å². The van der Waals surface area contributed by atoms with Crippen molar-refractivity contribution in [1.82, 2.24) is 9.88 Å². The van der Waals surface area contributed by atoms with E-state index in [1.165, 1.54) is 11.9 Å². The monoisotopic (exact) mass is 521 g/mol. The van der Waals surface area contributed by atoms with Crippen LogP contribution in [0.5, 0.6) is 0 Å². The third-order valence-corrected chi connectivity index (χ3v) is 7.30. The van der Waals surface area contributed by atoms with Crippen LogP contribution in [0.3, 0.4) is 0 Å². The van der Waals surface area contributed by atoms with Gasteiger partial charge in [-0.1, -0.05) is 62.7 Å². The van der Waals surface area contributed by atoms with E-state index in [0.717, 1.165) is 41.4 Å². The van der Waals surface area contributed by atoms with Gasteiger partial charge in [0.15, 0.2) is 6.61 Å². The summed E-state index contributed by atoms with van der Waals surface area (Å²) in [5.41, 5.74) is 3.61. The number of esters is 1. The molecule has 0 fully saturated rings. The van der Waals surface area contributed by atoms with Gasteiger partial charge in [0.2, 0.25) is 5.91 Å². The predicted molar refractivity (Wildman–Crippen MR) is 145 cm³/mol. The van der Waals surface area contributed by atoms with Crippen molar-refractivity contribution in [2.45, 2.75) is 40.0 Å². The lowest BCUT2D eigenvalue weighted by atomic mass is 9.70. The van der Waals surface area contributed by atoms with E-state index in [0.29, 0.717) is 22.2 Å². The number of amides is 2. The van der Waals surface area contributed by atoms with Gasteiger partial charge in [-0.25, -0.2) is 4.79 Å². The number of pyridine rings is 1. The van der Waals surface area contributed by atoms with Gasteiger partial charge in [-0.05, 0) is 54.4 Å². The summed E-state index contributed by atoms with van der Waals surface area (Å²) in [6, 6.07) is 14.4. The van der Waals surface area contributed by atoms with Crippen LogP contribution in [0.15, 0.2) is 48.5 Å². The number of rotatable bonds is 6. The molecule has 0 spiro atoms. The second kappa shape index (κ2) is 10.9. The number of hydrogen-bond acceptors (Lipinski definition) is 5. The molecule has 1 N–H and O–H groups in total. The lowest BCUT2D eigenvalue weighted by Crippen LogP contribution is -2.37. The Labute approximate surface area is 222 Å². The lowest BCUT2D eigenvalue weighted by Gasteiger charge is -2.35. The maximum absolute atomic E-state index is 13.4. The fourth-order valence-electron chi connectivity index (χ4n) is 4.73. The second-order valence-electron chi connectivity index (χ2n) is 10.6. The number of benzene rings is 2. The van der Waals surface area contributed by atoms with Crippen molar-refractivity contribution in [2.24, 2.45) is 11.3 Å². The quantitative estimate of drug-likeness (QED) is 0.445. The number of carbonyl (C=O) groups excluding carboxylic acids is 3. The zero-order valence-corrected chi connectivity index (χ0v) is 22.4. The summed E-state index contributed by atoms with van der Waals surface area (Å²) < 4.78 is 5.51. The molecule has 1 heterocycles. The van der Waals surface area contributed by atoms with Gasteiger partial charge in [0.25, 0.3) is 5.91 Å². The first-order valence-electron chi connectivity index (χ1n) is 12.4. The van der Waals surface area contributed by atoms with E-state index in [1.807, 2.05) is 24.3 Å². The summed E-state index contributed by atoms with van der Waals surface area (Å²) in [5, 5.41) is 3.80. The van der Waals surface area contributed by atoms with Gasteiger partial charge < -0.3 is 15.0 Å². The fourth-order valence-corrected chi connectivity index (χ4v) is 4.91. The number of halogens is 1. The Morgan fingerprint density at radius 3 is 2.54 bits per heavy atom. The van der Waals surface area contributed by atoms with Crippen LogP contribution >= 0.6 is 11.6 Å². The minimum Gasteiger partial charge on any atom is -0.452 e. The fraction of sp³-hybridized carbons (Fsp3) is 0.379. The van der Waals surface area contributed by atoms with Crippen LogP contribution < -0.4 is 5.32 Å². The number of nitrogens with zero attached hydrogens (tertiary/aromatic N) is 2. The van der Waals surface area contributed by atoms with Gasteiger partial charge in [-0.3, -0.25) is 14.6 Å². The van der Waals surface area contributed by atoms with Gasteiger partial charge in [-0.2, -0.15) is 0 Å². The van der Waals surface area contributed by atoms with Crippen molar-refractivity contribution >= 4 is 46.0 Å². The third-order valence-electron chi connectivity index (χ3n) is 6.97. The highest BCUT2D eigenvalue weighted by Gasteiger charge is 2.33. The maximum atomic E-state index is 13.4. The molecule has 1 aliphatic carbocycles. The van der Waals surface area contributed by atoms with E-state index >= 15 is 0 Å². The minimum absolute atomic E-state index is 0.0910. The number of likely N-dealkylation sites (N-methyl/N-ethyl adjacent to an activating group) is 1. The summed E-state index contributed by atoms with van der Waals surface area (Å²) in [6.07, 6.45) is 2.54. The second-order valence-corrected chi connectivity index (χ2v) is 11.0. The van der Waals surface area contributed by atoms with E-state index in [4.69, 9.17) is 21.3 Å². The number of ether oxygens (including phenoxy) is 1. The molecule has 194 valence electrons. The first kappa shape index (κ1) is 26.6. The average molecular weight is 522 g/mol. The van der Waals surface area contributed by atoms with E-state index in [-0.39, 0.29) is 12.0 Å². The standard InChI is InChI=1S/C29H32ClN3O4/c1-29(2,3)18-13-14-23-20(15-18)27(19-9-5-7-11-22(19)31-23)28(36)37-17-26(35)33(4)16-25(34)32-24-12-8-6-10-21(24)30/h5-12,18H,13-17H2,1-4H3,(H,32,34). The van der Waals surface area contributed by atoms with Crippen LogP contribution in [-0.4, -0.2) is 47.9 Å². The van der Waals surface area contributed by atoms with Crippen LogP contribution in [-0.2, 0) is 27.2 Å². The van der Waals surface area contributed by atoms with E-state index < -0.39 is 24.4 Å². The molecule has 0 radical (unpaired) electrons. The highest BCUT2D eigenvalue weighted by Crippen LogP contribution is 2.39. The lowest BCUT2D eigenvalue weighted by molar-refractivity contribution is -0.136. The molecule has 2 aromatic carbocycles. The normalized spacial score (nSPS) is 15.1. The number of para-hydroxylation sites is 2. The molecule has 4 rings (SSSR count). The number of fused-ring (bicyclic) bond motifs is 2. The number of aromatic nitrogens is 1. The van der Waals surface area contributed by atoms with Crippen molar-refractivity contribution in [2.75, 3.05) is 25.5 Å². The molecular weight excluding hydrogens is 490 g/mol. The molecule has 0 aliphatic heterocycles. The Morgan fingerprint density at radius 2 is 1.81 bits per heavy atom. The Bertz CT molecular complexity index is 1350. The SMILES string of the molecule is CN(CC(=O)Nc1ccccc1Cl)C(=O)COC(=O)c1c2c(nc3ccccc13)CCC(C(C)(C)C)C2. The molecule has 3 aromatic rings. The molecule has 0 saturated heterocycles. The molecule has 1 aliphatic rings. The Kier molecular flexibility index (Phi) is 7.83. The predicted octanol–water partition coefficient (Wildman–Crippen LogP) is 5.29. The maximum Gasteiger partial charge on any atom is 0.339 e. The summed E-state index contributed by atoms with van der Waals surface area (Å²) in [5.74, 6) is -1.04. The molecule has 0 bridgehead atoms. The van der Waals surface area contributed by atoms with Crippen LogP contribution in [0, 0.1) is 11.3 Å². The van der Waals surface area contributed by atoms with E-state index in [9.17, 15) is 14.4 Å². The van der Waals surface area contributed by atoms with Crippen molar-refractivity contribution in [1.29, 1.82) is 0 Å². The highest BCUT2D eigenvalue weighted by molar-refractivity contribution is 6.33. The number of hydrogen-bond donors (Lipinski definition) is 1. The van der Waals surface area contributed by atoms with E-state index in [2.05, 4.69) is 26.1 Å². The number of carbonyl (C=O) groups is 3. The molecule has 2 amide bonds. The van der Waals surface area contributed by atoms with Gasteiger partial charge >= 0.3 is 5.97 Å². The zero-order valence-electron chi connectivity index (χ0n) is 21.6. The number of anilines is 1. The molecule has 1 atom stereocenters. The van der Waals surface area contributed by atoms with Crippen LogP contribution in [0.25, 0.3) is 10.9 Å². The third kappa shape index (κ3) is 6.10. The van der Waals surface area contributed by atoms with Crippen LogP contribution in [0.1, 0.15) is 48.8 Å². The summed E-state index contributed by atoms with van der Waals surface area (Å²) >= 11 is 6.08. The summed E-state index contributed by atoms with van der Waals surface area (Å²) in [6.45, 7) is 5.97. The molecule has 37 heavy (non-hydrogen) atoms. The van der Waals surface area contributed by atoms with Crippen molar-refractivity contribution < 1.29 is 19.1 Å². The zero-order chi connectivity index (χ0) is 26.7. The summed E-state index contributed by atoms with van der Waals surface area (Å²) in [4.78, 5) is 44.5. The minimum atomic E-state index is -0.549. The molecule has 8 heteroatoms. The van der Waals surface area contributed by atoms with Gasteiger partial charge in [-0.15, -0.1) is 0 Å². The van der Waals surface area contributed by atoms with Crippen molar-refractivity contribution in [3.8, 4) is 0 Å². The Hall–Kier alpha value is -3.45. The number of nitrogens with one attached hydrogen (secondary N) is 1. The van der Waals surface area contributed by atoms with Crippen molar-refractivity contribution in [3.63, 3.8) is 0 Å².